The van der Waals surface area contributed by atoms with Crippen molar-refractivity contribution in [1.82, 2.24) is 5.32 Å². The molecule has 0 aliphatic carbocycles. The second kappa shape index (κ2) is 65.1. The van der Waals surface area contributed by atoms with Gasteiger partial charge in [0.05, 0.1) is 25.4 Å². The lowest BCUT2D eigenvalue weighted by Gasteiger charge is -2.20. The Balaban J connectivity index is 3.43. The number of amides is 1. The minimum absolute atomic E-state index is 0.00287. The lowest BCUT2D eigenvalue weighted by molar-refractivity contribution is -0.143. The fourth-order valence-corrected chi connectivity index (χ4v) is 11.1. The van der Waals surface area contributed by atoms with Crippen molar-refractivity contribution in [2.75, 3.05) is 13.2 Å². The van der Waals surface area contributed by atoms with Crippen LogP contribution in [0.4, 0.5) is 0 Å². The molecule has 0 aromatic heterocycles. The molecule has 2 atom stereocenters. The van der Waals surface area contributed by atoms with Gasteiger partial charge in [-0.3, -0.25) is 9.59 Å². The van der Waals surface area contributed by atoms with Crippen molar-refractivity contribution in [2.24, 2.45) is 0 Å². The Hall–Kier alpha value is -1.40. The number of hydrogen-bond donors (Lipinski definition) is 3. The Morgan fingerprint density at radius 1 is 0.360 bits per heavy atom. The van der Waals surface area contributed by atoms with Gasteiger partial charge < -0.3 is 20.3 Å². The van der Waals surface area contributed by atoms with Gasteiger partial charge in [-0.15, -0.1) is 0 Å². The molecule has 446 valence electrons. The van der Waals surface area contributed by atoms with Crippen LogP contribution in [0.5, 0.6) is 0 Å². The van der Waals surface area contributed by atoms with Crippen molar-refractivity contribution in [3.05, 3.63) is 12.2 Å². The second-order valence-corrected chi connectivity index (χ2v) is 23.9. The zero-order chi connectivity index (χ0) is 54.3. The molecule has 1 amide bonds. The third-order valence-electron chi connectivity index (χ3n) is 16.3. The fourth-order valence-electron chi connectivity index (χ4n) is 11.1. The number of nitrogens with one attached hydrogen (secondary N) is 1. The normalized spacial score (nSPS) is 12.5. The predicted octanol–water partition coefficient (Wildman–Crippen LogP) is 22.0. The van der Waals surface area contributed by atoms with Crippen molar-refractivity contribution in [3.63, 3.8) is 0 Å². The van der Waals surface area contributed by atoms with E-state index in [9.17, 15) is 19.8 Å². The Morgan fingerprint density at radius 2 is 0.613 bits per heavy atom. The largest absolute Gasteiger partial charge is 0.466 e. The highest BCUT2D eigenvalue weighted by Gasteiger charge is 2.18. The van der Waals surface area contributed by atoms with Gasteiger partial charge >= 0.3 is 5.97 Å². The molecule has 0 saturated heterocycles. The maximum absolute atomic E-state index is 12.5. The van der Waals surface area contributed by atoms with E-state index < -0.39 is 12.1 Å². The van der Waals surface area contributed by atoms with Crippen LogP contribution in [0.2, 0.25) is 0 Å². The van der Waals surface area contributed by atoms with Gasteiger partial charge in [-0.1, -0.05) is 360 Å². The van der Waals surface area contributed by atoms with Crippen molar-refractivity contribution < 1.29 is 24.5 Å². The van der Waals surface area contributed by atoms with Crippen LogP contribution in [0, 0.1) is 0 Å². The van der Waals surface area contributed by atoms with E-state index in [0.29, 0.717) is 19.4 Å². The summed E-state index contributed by atoms with van der Waals surface area (Å²) >= 11 is 0. The van der Waals surface area contributed by atoms with Gasteiger partial charge in [-0.25, -0.2) is 0 Å². The molecule has 0 fully saturated rings. The van der Waals surface area contributed by atoms with Crippen LogP contribution in [0.25, 0.3) is 0 Å². The molecule has 0 rings (SSSR count). The van der Waals surface area contributed by atoms with E-state index in [1.165, 1.54) is 308 Å². The quantitative estimate of drug-likeness (QED) is 0.0320. The van der Waals surface area contributed by atoms with E-state index >= 15 is 0 Å². The topological polar surface area (TPSA) is 95.9 Å². The van der Waals surface area contributed by atoms with Gasteiger partial charge in [0.25, 0.3) is 0 Å². The summed E-state index contributed by atoms with van der Waals surface area (Å²) in [5.41, 5.74) is 0. The van der Waals surface area contributed by atoms with Crippen molar-refractivity contribution in [3.8, 4) is 0 Å². The average Bonchev–Trinajstić information content (AvgIpc) is 3.41. The molecule has 0 aromatic carbocycles. The lowest BCUT2D eigenvalue weighted by Crippen LogP contribution is -2.45. The number of rotatable bonds is 65. The van der Waals surface area contributed by atoms with Crippen molar-refractivity contribution >= 4 is 11.9 Å². The number of carbonyl (C=O) groups is 2. The molecule has 0 spiro atoms. The minimum Gasteiger partial charge on any atom is -0.466 e. The smallest absolute Gasteiger partial charge is 0.305 e. The molecule has 0 aliphatic heterocycles. The Morgan fingerprint density at radius 3 is 0.907 bits per heavy atom. The maximum atomic E-state index is 12.5. The zero-order valence-corrected chi connectivity index (χ0v) is 51.1. The van der Waals surface area contributed by atoms with Crippen LogP contribution in [0.1, 0.15) is 393 Å². The molecule has 2 unspecified atom stereocenters. The van der Waals surface area contributed by atoms with Gasteiger partial charge in [-0.2, -0.15) is 0 Å². The molecule has 6 nitrogen and oxygen atoms in total. The van der Waals surface area contributed by atoms with E-state index in [1.54, 1.807) is 6.08 Å². The lowest BCUT2D eigenvalue weighted by atomic mass is 10.0. The van der Waals surface area contributed by atoms with E-state index in [-0.39, 0.29) is 18.5 Å². The third kappa shape index (κ3) is 61.7. The highest BCUT2D eigenvalue weighted by Crippen LogP contribution is 2.19. The molecule has 0 aromatic rings. The molecule has 0 radical (unpaired) electrons. The highest BCUT2D eigenvalue weighted by molar-refractivity contribution is 5.76. The number of unbranched alkanes of at least 4 members (excludes halogenated alkanes) is 54. The summed E-state index contributed by atoms with van der Waals surface area (Å²) in [6, 6.07) is -0.637. The number of aliphatic hydroxyl groups excluding tert-OH is 2. The summed E-state index contributed by atoms with van der Waals surface area (Å²) in [4.78, 5) is 24.6. The Kier molecular flexibility index (Phi) is 63.9. The minimum atomic E-state index is -0.852. The number of aliphatic hydroxyl groups is 2. The summed E-state index contributed by atoms with van der Waals surface area (Å²) in [5, 5.41) is 23.3. The first-order valence-electron chi connectivity index (χ1n) is 34.5. The van der Waals surface area contributed by atoms with Crippen LogP contribution in [0.15, 0.2) is 12.2 Å². The van der Waals surface area contributed by atoms with E-state index in [2.05, 4.69) is 19.2 Å². The summed E-state index contributed by atoms with van der Waals surface area (Å²) in [6.07, 6.45) is 79.9. The molecular formula is C69H135NO5. The molecule has 0 bridgehead atoms. The first kappa shape index (κ1) is 73.6. The van der Waals surface area contributed by atoms with Crippen LogP contribution >= 0.6 is 0 Å². The molecule has 3 N–H and O–H groups in total. The number of esters is 1. The Bertz CT molecular complexity index is 1130. The van der Waals surface area contributed by atoms with Gasteiger partial charge in [0.15, 0.2) is 0 Å². The van der Waals surface area contributed by atoms with Crippen molar-refractivity contribution in [2.45, 2.75) is 405 Å². The van der Waals surface area contributed by atoms with E-state index in [1.807, 2.05) is 6.08 Å². The number of hydrogen-bond acceptors (Lipinski definition) is 5. The number of allylic oxidation sites excluding steroid dienone is 1. The first-order valence-corrected chi connectivity index (χ1v) is 34.5. The fraction of sp³-hybridized carbons (Fsp3) is 0.942. The summed E-state index contributed by atoms with van der Waals surface area (Å²) in [5.74, 6) is -0.0702. The summed E-state index contributed by atoms with van der Waals surface area (Å²) in [7, 11) is 0. The third-order valence-corrected chi connectivity index (χ3v) is 16.3. The van der Waals surface area contributed by atoms with Gasteiger partial charge in [0, 0.05) is 12.8 Å². The average molecular weight is 1060 g/mol. The summed E-state index contributed by atoms with van der Waals surface area (Å²) < 4.78 is 5.50. The standard InChI is InChI=1S/C69H135NO5/c1-3-5-7-9-11-13-15-17-19-21-23-24-25-26-27-28-30-31-33-37-41-45-49-53-57-61-67(72)66(65-71)70-68(73)62-58-54-50-46-42-38-35-36-40-44-48-52-56-60-64-75-69(74)63-59-55-51-47-43-39-34-32-29-22-20-18-16-14-12-10-8-6-4-2/h57,61,66-67,71-72H,3-56,58-60,62-65H2,1-2H3,(H,70,73)/b61-57+. The van der Waals surface area contributed by atoms with Crippen LogP contribution < -0.4 is 5.32 Å². The monoisotopic (exact) mass is 1060 g/mol. The van der Waals surface area contributed by atoms with E-state index in [4.69, 9.17) is 4.74 Å². The van der Waals surface area contributed by atoms with Gasteiger partial charge in [-0.05, 0) is 32.1 Å². The Labute approximate surface area is 469 Å². The molecule has 6 heteroatoms. The zero-order valence-electron chi connectivity index (χ0n) is 51.1. The summed E-state index contributed by atoms with van der Waals surface area (Å²) in [6.45, 7) is 4.93. The second-order valence-electron chi connectivity index (χ2n) is 23.9. The molecule has 0 saturated carbocycles. The number of ether oxygens (including phenoxy) is 1. The van der Waals surface area contributed by atoms with E-state index in [0.717, 1.165) is 57.8 Å². The highest BCUT2D eigenvalue weighted by atomic mass is 16.5. The van der Waals surface area contributed by atoms with Crippen LogP contribution in [-0.4, -0.2) is 47.4 Å². The SMILES string of the molecule is CCCCCCCCCCCCCCCCCCCCCCCCC/C=C/C(O)C(CO)NC(=O)CCCCCCCCCCCCCCCCOC(=O)CCCCCCCCCCCCCCCCCCCCC. The van der Waals surface area contributed by atoms with Crippen LogP contribution in [-0.2, 0) is 14.3 Å². The van der Waals surface area contributed by atoms with Gasteiger partial charge in [0.2, 0.25) is 5.91 Å². The van der Waals surface area contributed by atoms with Crippen molar-refractivity contribution in [1.29, 1.82) is 0 Å². The molecule has 75 heavy (non-hydrogen) atoms. The number of carbonyl (C=O) groups excluding carboxylic acids is 2. The van der Waals surface area contributed by atoms with Gasteiger partial charge in [0.1, 0.15) is 0 Å². The molecule has 0 aliphatic rings. The predicted molar refractivity (Wildman–Crippen MR) is 329 cm³/mol. The molecule has 0 heterocycles. The van der Waals surface area contributed by atoms with Crippen LogP contribution in [0.3, 0.4) is 0 Å². The molecular weight excluding hydrogens is 923 g/mol. The maximum Gasteiger partial charge on any atom is 0.305 e. The first-order chi connectivity index (χ1) is 37.0.